The van der Waals surface area contributed by atoms with Crippen LogP contribution in [0.1, 0.15) is 17.7 Å². The Morgan fingerprint density at radius 2 is 2.05 bits per heavy atom. The van der Waals surface area contributed by atoms with Gasteiger partial charge in [0.15, 0.2) is 0 Å². The average Bonchev–Trinajstić information content (AvgIpc) is 2.43. The minimum Gasteiger partial charge on any atom is -0.299 e. The molecule has 0 radical (unpaired) electrons. The first-order chi connectivity index (χ1) is 9.16. The Balaban J connectivity index is 1.93. The highest BCUT2D eigenvalue weighted by Gasteiger charge is 2.11. The van der Waals surface area contributed by atoms with Gasteiger partial charge in [0.05, 0.1) is 5.02 Å². The molecule has 1 aromatic carbocycles. The first-order valence-electron chi connectivity index (χ1n) is 6.01. The van der Waals surface area contributed by atoms with Crippen LogP contribution in [0.2, 0.25) is 5.02 Å². The number of hydrogen-bond donors (Lipinski definition) is 0. The third kappa shape index (κ3) is 3.86. The molecular weight excluding hydrogens is 265 g/mol. The van der Waals surface area contributed by atoms with Crippen molar-refractivity contribution in [1.82, 2.24) is 4.98 Å². The lowest BCUT2D eigenvalue weighted by molar-refractivity contribution is -0.118. The quantitative estimate of drug-likeness (QED) is 0.835. The number of hydrogen-bond acceptors (Lipinski definition) is 2. The Morgan fingerprint density at radius 3 is 2.79 bits per heavy atom. The molecule has 4 heteroatoms. The van der Waals surface area contributed by atoms with Gasteiger partial charge >= 0.3 is 0 Å². The smallest absolute Gasteiger partial charge is 0.145 e. The molecule has 0 aliphatic heterocycles. The van der Waals surface area contributed by atoms with Crippen LogP contribution in [-0.2, 0) is 17.6 Å². The third-order valence-corrected chi connectivity index (χ3v) is 3.10. The van der Waals surface area contributed by atoms with E-state index in [0.29, 0.717) is 18.4 Å². The number of pyridine rings is 1. The van der Waals surface area contributed by atoms with Crippen molar-refractivity contribution < 1.29 is 9.18 Å². The van der Waals surface area contributed by atoms with Gasteiger partial charge < -0.3 is 0 Å². The summed E-state index contributed by atoms with van der Waals surface area (Å²) in [5, 5.41) is 0.0510. The number of rotatable bonds is 5. The number of halogens is 2. The number of aromatic nitrogens is 1. The average molecular weight is 278 g/mol. The Labute approximate surface area is 116 Å². The van der Waals surface area contributed by atoms with Crippen molar-refractivity contribution in [3.63, 3.8) is 0 Å². The molecule has 0 unspecified atom stereocenters. The molecule has 0 fully saturated rings. The van der Waals surface area contributed by atoms with Crippen molar-refractivity contribution in [2.75, 3.05) is 0 Å². The van der Waals surface area contributed by atoms with E-state index in [1.165, 1.54) is 6.07 Å². The summed E-state index contributed by atoms with van der Waals surface area (Å²) in [6.07, 6.45) is 2.68. The topological polar surface area (TPSA) is 30.0 Å². The number of carbonyl (C=O) groups is 1. The second-order valence-corrected chi connectivity index (χ2v) is 4.66. The zero-order chi connectivity index (χ0) is 13.7. The van der Waals surface area contributed by atoms with Crippen molar-refractivity contribution in [2.45, 2.75) is 19.3 Å². The van der Waals surface area contributed by atoms with Gasteiger partial charge in [-0.25, -0.2) is 4.39 Å². The largest absolute Gasteiger partial charge is 0.299 e. The van der Waals surface area contributed by atoms with Crippen molar-refractivity contribution in [1.29, 1.82) is 0 Å². The minimum atomic E-state index is -0.504. The van der Waals surface area contributed by atoms with Crippen LogP contribution in [0.25, 0.3) is 0 Å². The van der Waals surface area contributed by atoms with Gasteiger partial charge in [-0.2, -0.15) is 0 Å². The molecule has 0 amide bonds. The zero-order valence-electron chi connectivity index (χ0n) is 10.3. The van der Waals surface area contributed by atoms with Crippen LogP contribution in [0.4, 0.5) is 4.39 Å². The van der Waals surface area contributed by atoms with E-state index in [2.05, 4.69) is 4.98 Å². The normalized spacial score (nSPS) is 10.4. The summed E-state index contributed by atoms with van der Waals surface area (Å²) in [4.78, 5) is 16.0. The van der Waals surface area contributed by atoms with Gasteiger partial charge in [-0.05, 0) is 30.2 Å². The summed E-state index contributed by atoms with van der Waals surface area (Å²) >= 11 is 5.67. The molecule has 0 aliphatic rings. The van der Waals surface area contributed by atoms with Gasteiger partial charge in [0.2, 0.25) is 0 Å². The van der Waals surface area contributed by atoms with Crippen molar-refractivity contribution in [3.05, 3.63) is 64.7 Å². The predicted molar refractivity (Wildman–Crippen MR) is 72.7 cm³/mol. The van der Waals surface area contributed by atoms with Crippen LogP contribution < -0.4 is 0 Å². The summed E-state index contributed by atoms with van der Waals surface area (Å²) in [7, 11) is 0. The number of nitrogens with zero attached hydrogens (tertiary/aromatic N) is 1. The van der Waals surface area contributed by atoms with Crippen LogP contribution >= 0.6 is 11.6 Å². The number of carbonyl (C=O) groups excluding carboxylic acids is 1. The SMILES string of the molecule is O=C(CCc1ccccn1)Cc1cccc(Cl)c1F. The summed E-state index contributed by atoms with van der Waals surface area (Å²) < 4.78 is 13.6. The zero-order valence-corrected chi connectivity index (χ0v) is 11.0. The molecule has 2 rings (SSSR count). The van der Waals surface area contributed by atoms with E-state index in [0.717, 1.165) is 5.69 Å². The molecule has 0 bridgehead atoms. The highest BCUT2D eigenvalue weighted by molar-refractivity contribution is 6.30. The molecule has 0 spiro atoms. The monoisotopic (exact) mass is 277 g/mol. The van der Waals surface area contributed by atoms with Crippen LogP contribution in [0.3, 0.4) is 0 Å². The van der Waals surface area contributed by atoms with E-state index >= 15 is 0 Å². The van der Waals surface area contributed by atoms with Crippen molar-refractivity contribution in [2.24, 2.45) is 0 Å². The summed E-state index contributed by atoms with van der Waals surface area (Å²) in [5.41, 5.74) is 1.21. The number of benzene rings is 1. The summed E-state index contributed by atoms with van der Waals surface area (Å²) in [6.45, 7) is 0. The number of ketones is 1. The second kappa shape index (κ2) is 6.43. The van der Waals surface area contributed by atoms with E-state index in [4.69, 9.17) is 11.6 Å². The fourth-order valence-electron chi connectivity index (χ4n) is 1.80. The lowest BCUT2D eigenvalue weighted by atomic mass is 10.0. The van der Waals surface area contributed by atoms with Gasteiger partial charge in [0.1, 0.15) is 11.6 Å². The maximum atomic E-state index is 13.6. The van der Waals surface area contributed by atoms with E-state index in [1.807, 2.05) is 18.2 Å². The summed E-state index contributed by atoms with van der Waals surface area (Å²) in [5.74, 6) is -0.526. The van der Waals surface area contributed by atoms with E-state index in [9.17, 15) is 9.18 Å². The van der Waals surface area contributed by atoms with Crippen LogP contribution in [0.15, 0.2) is 42.6 Å². The third-order valence-electron chi connectivity index (χ3n) is 2.81. The van der Waals surface area contributed by atoms with Crippen LogP contribution in [0.5, 0.6) is 0 Å². The maximum absolute atomic E-state index is 13.6. The molecule has 1 aromatic heterocycles. The fraction of sp³-hybridized carbons (Fsp3) is 0.200. The molecule has 1 heterocycles. The lowest BCUT2D eigenvalue weighted by Gasteiger charge is -2.04. The van der Waals surface area contributed by atoms with Crippen LogP contribution in [-0.4, -0.2) is 10.8 Å². The first kappa shape index (κ1) is 13.7. The first-order valence-corrected chi connectivity index (χ1v) is 6.39. The molecule has 2 aromatic rings. The standard InChI is InChI=1S/C15H13ClFNO/c16-14-6-3-4-11(15(14)17)10-13(19)8-7-12-5-1-2-9-18-12/h1-6,9H,7-8,10H2. The molecule has 0 aliphatic carbocycles. The lowest BCUT2D eigenvalue weighted by Crippen LogP contribution is -2.06. The van der Waals surface area contributed by atoms with Gasteiger partial charge in [-0.3, -0.25) is 9.78 Å². The van der Waals surface area contributed by atoms with E-state index < -0.39 is 5.82 Å². The minimum absolute atomic E-state index is 0.0215. The molecule has 2 nitrogen and oxygen atoms in total. The molecule has 98 valence electrons. The van der Waals surface area contributed by atoms with Crippen LogP contribution in [0, 0.1) is 5.82 Å². The van der Waals surface area contributed by atoms with E-state index in [-0.39, 0.29) is 17.2 Å². The molecule has 0 N–H and O–H groups in total. The van der Waals surface area contributed by atoms with E-state index in [1.54, 1.807) is 18.3 Å². The second-order valence-electron chi connectivity index (χ2n) is 4.25. The molecule has 19 heavy (non-hydrogen) atoms. The van der Waals surface area contributed by atoms with Gasteiger partial charge in [-0.15, -0.1) is 0 Å². The maximum Gasteiger partial charge on any atom is 0.145 e. The van der Waals surface area contributed by atoms with Crippen molar-refractivity contribution in [3.8, 4) is 0 Å². The van der Waals surface area contributed by atoms with Gasteiger partial charge in [0, 0.05) is 24.7 Å². The number of aryl methyl sites for hydroxylation is 1. The molecule has 0 saturated heterocycles. The number of Topliss-reactive ketones (excluding diaryl/α,β-unsaturated/α-hetero) is 1. The Bertz CT molecular complexity index is 572. The summed E-state index contributed by atoms with van der Waals surface area (Å²) in [6, 6.07) is 10.3. The van der Waals surface area contributed by atoms with Gasteiger partial charge in [-0.1, -0.05) is 29.8 Å². The Hall–Kier alpha value is -1.74. The highest BCUT2D eigenvalue weighted by atomic mass is 35.5. The van der Waals surface area contributed by atoms with Crippen molar-refractivity contribution >= 4 is 17.4 Å². The highest BCUT2D eigenvalue weighted by Crippen LogP contribution is 2.18. The van der Waals surface area contributed by atoms with Gasteiger partial charge in [0.25, 0.3) is 0 Å². The fourth-order valence-corrected chi connectivity index (χ4v) is 1.99. The molecule has 0 atom stereocenters. The molecular formula is C15H13ClFNO. The Morgan fingerprint density at radius 1 is 1.21 bits per heavy atom. The Kier molecular flexibility index (Phi) is 4.63. The predicted octanol–water partition coefficient (Wildman–Crippen LogP) is 3.62. The molecule has 0 saturated carbocycles.